The van der Waals surface area contributed by atoms with Gasteiger partial charge in [-0.25, -0.2) is 0 Å². The van der Waals surface area contributed by atoms with E-state index >= 15 is 0 Å². The van der Waals surface area contributed by atoms with E-state index in [1.807, 2.05) is 7.05 Å². The molecule has 0 spiro atoms. The summed E-state index contributed by atoms with van der Waals surface area (Å²) in [7, 11) is 2.03. The van der Waals surface area contributed by atoms with Crippen molar-refractivity contribution < 1.29 is 10.4 Å². The van der Waals surface area contributed by atoms with Gasteiger partial charge in [-0.2, -0.15) is 0 Å². The van der Waals surface area contributed by atoms with E-state index in [0.717, 1.165) is 13.0 Å². The summed E-state index contributed by atoms with van der Waals surface area (Å²) >= 11 is 0. The van der Waals surface area contributed by atoms with Gasteiger partial charge < -0.3 is 10.4 Å². The fourth-order valence-corrected chi connectivity index (χ4v) is 0.704. The highest BCUT2D eigenvalue weighted by atomic mass is 16.3. The Kier molecular flexibility index (Phi) is 5.01. The molecule has 0 aromatic heterocycles. The van der Waals surface area contributed by atoms with Crippen LogP contribution in [0.5, 0.6) is 0 Å². The lowest BCUT2D eigenvalue weighted by Gasteiger charge is -2.05. The molecule has 1 unspecified atom stereocenters. The van der Waals surface area contributed by atoms with Gasteiger partial charge in [0, 0.05) is 5.92 Å². The molecule has 0 radical (unpaired) electrons. The number of rotatable bonds is 4. The average molecular weight is 118 g/mol. The van der Waals surface area contributed by atoms with E-state index in [1.165, 1.54) is 0 Å². The topological polar surface area (TPSA) is 36.8 Å². The van der Waals surface area contributed by atoms with Crippen LogP contribution >= 0.6 is 0 Å². The summed E-state index contributed by atoms with van der Waals surface area (Å²) in [6.45, 7) is 3.48. The molecule has 0 aliphatic carbocycles. The third-order valence-electron chi connectivity index (χ3n) is 1.40. The van der Waals surface area contributed by atoms with E-state index in [0.29, 0.717) is 12.5 Å². The van der Waals surface area contributed by atoms with Gasteiger partial charge in [0.25, 0.3) is 0 Å². The van der Waals surface area contributed by atoms with Crippen LogP contribution in [0.2, 0.25) is 0 Å². The monoisotopic (exact) mass is 118 g/mol. The summed E-state index contributed by atoms with van der Waals surface area (Å²) in [6, 6.07) is 0. The van der Waals surface area contributed by atoms with Crippen molar-refractivity contribution in [2.45, 2.75) is 13.3 Å². The zero-order valence-corrected chi connectivity index (χ0v) is 5.72. The first kappa shape index (κ1) is 7.92. The number of hydrogen-bond donors (Lipinski definition) is 2. The average Bonchev–Trinajstić information content (AvgIpc) is 1.83. The van der Waals surface area contributed by atoms with Gasteiger partial charge in [0.1, 0.15) is 0 Å². The third kappa shape index (κ3) is 2.99. The lowest BCUT2D eigenvalue weighted by Crippen LogP contribution is -2.81. The van der Waals surface area contributed by atoms with Crippen molar-refractivity contribution in [1.29, 1.82) is 0 Å². The number of aliphatic hydroxyl groups excluding tert-OH is 1. The van der Waals surface area contributed by atoms with Crippen LogP contribution < -0.4 is 5.32 Å². The van der Waals surface area contributed by atoms with Crippen molar-refractivity contribution in [2.75, 3.05) is 20.2 Å². The van der Waals surface area contributed by atoms with Crippen LogP contribution in [0, 0.1) is 5.92 Å². The van der Waals surface area contributed by atoms with Crippen molar-refractivity contribution in [3.8, 4) is 0 Å². The van der Waals surface area contributed by atoms with E-state index < -0.39 is 0 Å². The lowest BCUT2D eigenvalue weighted by molar-refractivity contribution is -0.633. The first-order valence-corrected chi connectivity index (χ1v) is 3.23. The minimum Gasteiger partial charge on any atom is -0.396 e. The second kappa shape index (κ2) is 5.06. The minimum absolute atomic E-state index is 0.334. The van der Waals surface area contributed by atoms with E-state index in [2.05, 4.69) is 12.2 Å². The van der Waals surface area contributed by atoms with Gasteiger partial charge in [0.2, 0.25) is 0 Å². The molecule has 0 saturated heterocycles. The molecule has 8 heavy (non-hydrogen) atoms. The number of quaternary nitrogens is 1. The highest BCUT2D eigenvalue weighted by molar-refractivity contribution is 4.48. The molecule has 0 aliphatic rings. The lowest BCUT2D eigenvalue weighted by atomic mass is 10.1. The Morgan fingerprint density at radius 1 is 1.62 bits per heavy atom. The molecule has 1 atom stereocenters. The Morgan fingerprint density at radius 2 is 2.25 bits per heavy atom. The van der Waals surface area contributed by atoms with Gasteiger partial charge in [0.15, 0.2) is 0 Å². The standard InChI is InChI=1S/C6H15NO/c1-3-6(5-8)4-7-2/h6-8H,3-5H2,1-2H3/p+1. The van der Waals surface area contributed by atoms with Gasteiger partial charge in [0.05, 0.1) is 20.2 Å². The Labute approximate surface area is 50.9 Å². The van der Waals surface area contributed by atoms with E-state index in [9.17, 15) is 0 Å². The number of hydrogen-bond acceptors (Lipinski definition) is 1. The number of nitrogens with two attached hydrogens (primary N) is 1. The minimum atomic E-state index is 0.334. The van der Waals surface area contributed by atoms with Crippen molar-refractivity contribution in [3.05, 3.63) is 0 Å². The van der Waals surface area contributed by atoms with Gasteiger partial charge in [-0.15, -0.1) is 0 Å². The molecule has 0 bridgehead atoms. The van der Waals surface area contributed by atoms with Crippen LogP contribution in [0.15, 0.2) is 0 Å². The fraction of sp³-hybridized carbons (Fsp3) is 1.00. The molecule has 0 rings (SSSR count). The zero-order valence-electron chi connectivity index (χ0n) is 5.72. The Bertz CT molecular complexity index is 43.8. The second-order valence-corrected chi connectivity index (χ2v) is 2.10. The van der Waals surface area contributed by atoms with Gasteiger partial charge in [-0.3, -0.25) is 0 Å². The van der Waals surface area contributed by atoms with Crippen LogP contribution in [-0.2, 0) is 0 Å². The molecule has 0 saturated carbocycles. The molecular weight excluding hydrogens is 102 g/mol. The molecule has 2 heteroatoms. The molecule has 0 aliphatic heterocycles. The summed E-state index contributed by atoms with van der Waals surface area (Å²) in [5, 5.41) is 10.7. The molecular formula is C6H16NO+. The van der Waals surface area contributed by atoms with Crippen LogP contribution in [0.3, 0.4) is 0 Å². The maximum Gasteiger partial charge on any atom is 0.0804 e. The SMILES string of the molecule is CCC(CO)C[NH2+]C. The quantitative estimate of drug-likeness (QED) is 0.498. The van der Waals surface area contributed by atoms with Gasteiger partial charge in [-0.05, 0) is 6.42 Å². The molecule has 0 heterocycles. The highest BCUT2D eigenvalue weighted by Crippen LogP contribution is 1.94. The Balaban J connectivity index is 3.07. The smallest absolute Gasteiger partial charge is 0.0804 e. The Hall–Kier alpha value is -0.0800. The largest absolute Gasteiger partial charge is 0.396 e. The van der Waals surface area contributed by atoms with E-state index in [1.54, 1.807) is 0 Å². The van der Waals surface area contributed by atoms with Crippen molar-refractivity contribution in [1.82, 2.24) is 0 Å². The fourth-order valence-electron chi connectivity index (χ4n) is 0.704. The summed E-state index contributed by atoms with van der Waals surface area (Å²) in [4.78, 5) is 0. The molecule has 0 fully saturated rings. The first-order valence-electron chi connectivity index (χ1n) is 3.23. The molecule has 2 nitrogen and oxygen atoms in total. The Morgan fingerprint density at radius 3 is 2.38 bits per heavy atom. The summed E-state index contributed by atoms with van der Waals surface area (Å²) in [5.74, 6) is 0.500. The predicted octanol–water partition coefficient (Wildman–Crippen LogP) is -0.802. The summed E-state index contributed by atoms with van der Waals surface area (Å²) in [5.41, 5.74) is 0. The van der Waals surface area contributed by atoms with E-state index in [-0.39, 0.29) is 0 Å². The van der Waals surface area contributed by atoms with Crippen molar-refractivity contribution in [3.63, 3.8) is 0 Å². The molecule has 0 aromatic rings. The highest BCUT2D eigenvalue weighted by Gasteiger charge is 2.02. The summed E-state index contributed by atoms with van der Waals surface area (Å²) in [6.07, 6.45) is 1.08. The van der Waals surface area contributed by atoms with Crippen molar-refractivity contribution >= 4 is 0 Å². The maximum atomic E-state index is 8.64. The van der Waals surface area contributed by atoms with Crippen LogP contribution in [-0.4, -0.2) is 25.3 Å². The van der Waals surface area contributed by atoms with Gasteiger partial charge in [-0.1, -0.05) is 6.92 Å². The van der Waals surface area contributed by atoms with Crippen LogP contribution in [0.25, 0.3) is 0 Å². The van der Waals surface area contributed by atoms with Crippen molar-refractivity contribution in [2.24, 2.45) is 5.92 Å². The van der Waals surface area contributed by atoms with E-state index in [4.69, 9.17) is 5.11 Å². The molecule has 50 valence electrons. The molecule has 0 aromatic carbocycles. The third-order valence-corrected chi connectivity index (χ3v) is 1.40. The molecule has 3 N–H and O–H groups in total. The normalized spacial score (nSPS) is 13.9. The summed E-state index contributed by atoms with van der Waals surface area (Å²) < 4.78 is 0. The zero-order chi connectivity index (χ0) is 6.41. The maximum absolute atomic E-state index is 8.64. The van der Waals surface area contributed by atoms with Crippen LogP contribution in [0.1, 0.15) is 13.3 Å². The number of aliphatic hydroxyl groups is 1. The van der Waals surface area contributed by atoms with Crippen LogP contribution in [0.4, 0.5) is 0 Å². The first-order chi connectivity index (χ1) is 3.85. The predicted molar refractivity (Wildman–Crippen MR) is 33.6 cm³/mol. The second-order valence-electron chi connectivity index (χ2n) is 2.10. The van der Waals surface area contributed by atoms with Gasteiger partial charge >= 0.3 is 0 Å². The molecule has 0 amide bonds.